The zero-order valence-electron chi connectivity index (χ0n) is 10.5. The monoisotopic (exact) mass is 269 g/mol. The van der Waals surface area contributed by atoms with Crippen LogP contribution in [0.25, 0.3) is 0 Å². The van der Waals surface area contributed by atoms with Crippen molar-refractivity contribution >= 4 is 5.97 Å². The molecule has 1 atom stereocenters. The first-order valence-electron chi connectivity index (χ1n) is 5.81. The normalized spacial score (nSPS) is 25.1. The minimum atomic E-state index is -4.66. The molecule has 4 nitrogen and oxygen atoms in total. The van der Waals surface area contributed by atoms with E-state index in [9.17, 15) is 23.1 Å². The summed E-state index contributed by atoms with van der Waals surface area (Å²) < 4.78 is 39.3. The Morgan fingerprint density at radius 1 is 1.50 bits per heavy atom. The molecule has 7 heteroatoms. The third-order valence-electron chi connectivity index (χ3n) is 3.25. The molecule has 0 aromatic carbocycles. The molecule has 1 aliphatic heterocycles. The van der Waals surface area contributed by atoms with E-state index >= 15 is 0 Å². The third kappa shape index (κ3) is 4.13. The summed E-state index contributed by atoms with van der Waals surface area (Å²) in [5, 5.41) is 9.20. The molecule has 1 aliphatic rings. The van der Waals surface area contributed by atoms with Crippen molar-refractivity contribution in [2.24, 2.45) is 5.41 Å². The molecule has 0 aromatic rings. The van der Waals surface area contributed by atoms with Crippen molar-refractivity contribution in [1.29, 1.82) is 0 Å². The van der Waals surface area contributed by atoms with Gasteiger partial charge in [0.1, 0.15) is 6.04 Å². The first-order valence-corrected chi connectivity index (χ1v) is 5.81. The summed E-state index contributed by atoms with van der Waals surface area (Å²) in [5.41, 5.74) is -0.442. The fraction of sp³-hybridized carbons (Fsp3) is 0.909. The van der Waals surface area contributed by atoms with Crippen molar-refractivity contribution in [2.45, 2.75) is 39.1 Å². The van der Waals surface area contributed by atoms with Crippen molar-refractivity contribution in [1.82, 2.24) is 4.90 Å². The lowest BCUT2D eigenvalue weighted by Crippen LogP contribution is -2.55. The number of nitrogens with zero attached hydrogens (tertiary/aromatic N) is 1. The quantitative estimate of drug-likeness (QED) is 0.849. The Balaban J connectivity index is 2.59. The van der Waals surface area contributed by atoms with Crippen molar-refractivity contribution < 1.29 is 27.8 Å². The van der Waals surface area contributed by atoms with Gasteiger partial charge in [0.25, 0.3) is 0 Å². The van der Waals surface area contributed by atoms with Crippen LogP contribution in [0, 0.1) is 5.41 Å². The number of hydrogen-bond donors (Lipinski definition) is 1. The van der Waals surface area contributed by atoms with E-state index in [-0.39, 0.29) is 6.54 Å². The predicted molar refractivity (Wildman–Crippen MR) is 58.0 cm³/mol. The van der Waals surface area contributed by atoms with Crippen LogP contribution in [-0.2, 0) is 9.53 Å². The van der Waals surface area contributed by atoms with Gasteiger partial charge in [-0.15, -0.1) is 13.2 Å². The van der Waals surface area contributed by atoms with Crippen molar-refractivity contribution in [3.8, 4) is 0 Å². The summed E-state index contributed by atoms with van der Waals surface area (Å²) in [5.74, 6) is -0.994. The number of hydrogen-bond acceptors (Lipinski definition) is 3. The van der Waals surface area contributed by atoms with Gasteiger partial charge in [-0.2, -0.15) is 0 Å². The van der Waals surface area contributed by atoms with E-state index < -0.39 is 30.4 Å². The Morgan fingerprint density at radius 3 is 2.61 bits per heavy atom. The minimum Gasteiger partial charge on any atom is -0.480 e. The van der Waals surface area contributed by atoms with Crippen LogP contribution in [-0.4, -0.2) is 48.1 Å². The fourth-order valence-electron chi connectivity index (χ4n) is 2.51. The number of carboxylic acid groups (broad SMARTS) is 1. The summed E-state index contributed by atoms with van der Waals surface area (Å²) in [6.45, 7) is 3.57. The van der Waals surface area contributed by atoms with Gasteiger partial charge < -0.3 is 5.11 Å². The van der Waals surface area contributed by atoms with Crippen LogP contribution in [0.4, 0.5) is 13.2 Å². The zero-order valence-corrected chi connectivity index (χ0v) is 10.5. The highest BCUT2D eigenvalue weighted by atomic mass is 19.4. The number of alkyl halides is 3. The van der Waals surface area contributed by atoms with Crippen LogP contribution in [0.1, 0.15) is 26.7 Å². The Kier molecular flexibility index (Phi) is 4.61. The second kappa shape index (κ2) is 5.44. The molecule has 0 bridgehead atoms. The molecule has 0 aliphatic carbocycles. The highest BCUT2D eigenvalue weighted by molar-refractivity contribution is 5.74. The number of halogens is 3. The number of likely N-dealkylation sites (tertiary alicyclic amines) is 1. The van der Waals surface area contributed by atoms with Crippen LogP contribution in [0.2, 0.25) is 0 Å². The average Bonchev–Trinajstić information content (AvgIpc) is 2.13. The fourth-order valence-corrected chi connectivity index (χ4v) is 2.51. The van der Waals surface area contributed by atoms with Crippen molar-refractivity contribution in [2.75, 3.05) is 19.7 Å². The molecule has 18 heavy (non-hydrogen) atoms. The summed E-state index contributed by atoms with van der Waals surface area (Å²) in [6, 6.07) is -0.761. The Labute approximate surface area is 104 Å². The van der Waals surface area contributed by atoms with Gasteiger partial charge in [0.05, 0.1) is 6.61 Å². The van der Waals surface area contributed by atoms with E-state index in [2.05, 4.69) is 4.74 Å². The number of carboxylic acids is 1. The lowest BCUT2D eigenvalue weighted by atomic mass is 9.76. The predicted octanol–water partition coefficient (Wildman–Crippen LogP) is 2.10. The first-order chi connectivity index (χ1) is 8.13. The number of rotatable bonds is 4. The van der Waals surface area contributed by atoms with E-state index in [1.54, 1.807) is 4.90 Å². The first kappa shape index (κ1) is 15.2. The smallest absolute Gasteiger partial charge is 0.480 e. The summed E-state index contributed by atoms with van der Waals surface area (Å²) in [4.78, 5) is 12.8. The maximum atomic E-state index is 11.9. The maximum absolute atomic E-state index is 11.9. The lowest BCUT2D eigenvalue weighted by molar-refractivity contribution is -0.325. The van der Waals surface area contributed by atoms with E-state index in [4.69, 9.17) is 0 Å². The Bertz CT molecular complexity index is 304. The molecule has 0 saturated carbocycles. The van der Waals surface area contributed by atoms with Crippen LogP contribution in [0.15, 0.2) is 0 Å². The van der Waals surface area contributed by atoms with Crippen molar-refractivity contribution in [3.05, 3.63) is 0 Å². The Hall–Kier alpha value is -0.820. The van der Waals surface area contributed by atoms with Gasteiger partial charge in [0.2, 0.25) is 0 Å². The SMILES string of the molecule is CC1(C)CCCN(CCOC(F)(F)F)C1C(=O)O. The average molecular weight is 269 g/mol. The molecule has 106 valence electrons. The molecule has 0 radical (unpaired) electrons. The van der Waals surface area contributed by atoms with E-state index in [1.807, 2.05) is 13.8 Å². The number of aliphatic carboxylic acids is 1. The molecule has 1 fully saturated rings. The van der Waals surface area contributed by atoms with E-state index in [0.717, 1.165) is 12.8 Å². The number of carbonyl (C=O) groups is 1. The highest BCUT2D eigenvalue weighted by Gasteiger charge is 2.42. The number of ether oxygens (including phenoxy) is 1. The van der Waals surface area contributed by atoms with E-state index in [1.165, 1.54) is 0 Å². The topological polar surface area (TPSA) is 49.8 Å². The molecule has 0 spiro atoms. The van der Waals surface area contributed by atoms with Gasteiger partial charge in [-0.05, 0) is 24.8 Å². The largest absolute Gasteiger partial charge is 0.522 e. The summed E-state index contributed by atoms with van der Waals surface area (Å²) in [6.07, 6.45) is -3.13. The van der Waals surface area contributed by atoms with Crippen LogP contribution in [0.5, 0.6) is 0 Å². The summed E-state index contributed by atoms with van der Waals surface area (Å²) in [7, 11) is 0. The molecule has 1 saturated heterocycles. The van der Waals surface area contributed by atoms with Crippen LogP contribution in [0.3, 0.4) is 0 Å². The van der Waals surface area contributed by atoms with Crippen molar-refractivity contribution in [3.63, 3.8) is 0 Å². The third-order valence-corrected chi connectivity index (χ3v) is 3.25. The van der Waals surface area contributed by atoms with Gasteiger partial charge in [0.15, 0.2) is 0 Å². The van der Waals surface area contributed by atoms with Gasteiger partial charge >= 0.3 is 12.3 Å². The molecule has 1 heterocycles. The number of piperidine rings is 1. The van der Waals surface area contributed by atoms with Gasteiger partial charge in [-0.25, -0.2) is 0 Å². The molecule has 0 amide bonds. The second-order valence-electron chi connectivity index (χ2n) is 5.16. The minimum absolute atomic E-state index is 0.0279. The standard InChI is InChI=1S/C11H18F3NO3/c1-10(2)4-3-5-15(8(10)9(16)17)6-7-18-11(12,13)14/h8H,3-7H2,1-2H3,(H,16,17). The van der Waals surface area contributed by atoms with Crippen LogP contribution >= 0.6 is 0 Å². The van der Waals surface area contributed by atoms with E-state index in [0.29, 0.717) is 6.54 Å². The second-order valence-corrected chi connectivity index (χ2v) is 5.16. The maximum Gasteiger partial charge on any atom is 0.522 e. The molecular formula is C11H18F3NO3. The van der Waals surface area contributed by atoms with Crippen LogP contribution < -0.4 is 0 Å². The molecule has 1 unspecified atom stereocenters. The zero-order chi connectivity index (χ0) is 14.0. The Morgan fingerprint density at radius 2 is 2.11 bits per heavy atom. The van der Waals surface area contributed by atoms with Gasteiger partial charge in [-0.1, -0.05) is 13.8 Å². The highest BCUT2D eigenvalue weighted by Crippen LogP contribution is 2.35. The summed E-state index contributed by atoms with van der Waals surface area (Å²) >= 11 is 0. The molecule has 1 N–H and O–H groups in total. The van der Waals surface area contributed by atoms with Gasteiger partial charge in [0, 0.05) is 6.54 Å². The lowest BCUT2D eigenvalue weighted by Gasteiger charge is -2.43. The molecule has 1 rings (SSSR count). The van der Waals surface area contributed by atoms with Gasteiger partial charge in [-0.3, -0.25) is 14.4 Å². The molecular weight excluding hydrogens is 251 g/mol. The molecule has 0 aromatic heterocycles.